The van der Waals surface area contributed by atoms with Gasteiger partial charge in [0.1, 0.15) is 6.17 Å². The maximum absolute atomic E-state index is 12.8. The van der Waals surface area contributed by atoms with Crippen molar-refractivity contribution in [3.8, 4) is 0 Å². The van der Waals surface area contributed by atoms with E-state index >= 15 is 0 Å². The average molecular weight is 288 g/mol. The number of benzene rings is 1. The van der Waals surface area contributed by atoms with Crippen molar-refractivity contribution in [3.05, 3.63) is 35.4 Å². The summed E-state index contributed by atoms with van der Waals surface area (Å²) in [7, 11) is 0. The van der Waals surface area contributed by atoms with E-state index < -0.39 is 0 Å². The van der Waals surface area contributed by atoms with Crippen molar-refractivity contribution in [2.24, 2.45) is 11.8 Å². The molecule has 1 aromatic rings. The van der Waals surface area contributed by atoms with E-state index in [0.29, 0.717) is 11.8 Å². The molecule has 21 heavy (non-hydrogen) atoms. The molecule has 3 unspecified atom stereocenters. The summed E-state index contributed by atoms with van der Waals surface area (Å²) < 4.78 is 0. The predicted octanol–water partition coefficient (Wildman–Crippen LogP) is 3.49. The highest BCUT2D eigenvalue weighted by Crippen LogP contribution is 2.32. The second kappa shape index (κ2) is 6.18. The first kappa shape index (κ1) is 16.0. The largest absolute Gasteiger partial charge is 0.319 e. The minimum absolute atomic E-state index is 0.0112. The van der Waals surface area contributed by atoms with Crippen LogP contribution < -0.4 is 5.32 Å². The first-order valence-electron chi connectivity index (χ1n) is 7.97. The van der Waals surface area contributed by atoms with Crippen molar-refractivity contribution in [2.45, 2.75) is 59.8 Å². The zero-order valence-corrected chi connectivity index (χ0v) is 14.1. The van der Waals surface area contributed by atoms with Crippen LogP contribution in [0.1, 0.15) is 51.9 Å². The topological polar surface area (TPSA) is 32.3 Å². The van der Waals surface area contributed by atoms with Crippen molar-refractivity contribution in [2.75, 3.05) is 0 Å². The fourth-order valence-electron chi connectivity index (χ4n) is 2.85. The van der Waals surface area contributed by atoms with Gasteiger partial charge in [0.15, 0.2) is 0 Å². The Morgan fingerprint density at radius 2 is 1.62 bits per heavy atom. The summed E-state index contributed by atoms with van der Waals surface area (Å²) in [5.74, 6) is 0.973. The van der Waals surface area contributed by atoms with Crippen molar-refractivity contribution < 1.29 is 4.79 Å². The van der Waals surface area contributed by atoms with Crippen LogP contribution >= 0.6 is 0 Å². The van der Waals surface area contributed by atoms with Crippen molar-refractivity contribution in [3.63, 3.8) is 0 Å². The lowest BCUT2D eigenvalue weighted by Gasteiger charge is -2.33. The molecule has 1 N–H and O–H groups in total. The van der Waals surface area contributed by atoms with E-state index in [9.17, 15) is 4.79 Å². The zero-order valence-electron chi connectivity index (χ0n) is 14.1. The molecule has 0 spiro atoms. The third-order valence-electron chi connectivity index (χ3n) is 4.60. The first-order valence-corrected chi connectivity index (χ1v) is 7.97. The molecule has 0 saturated carbocycles. The molecule has 1 aliphatic rings. The number of carbonyl (C=O) groups is 1. The lowest BCUT2D eigenvalue weighted by Crippen LogP contribution is -2.41. The standard InChI is InChI=1S/C18H28N2O/c1-11(2)14(6)20-17(15-9-7-13(5)8-10-15)19-16(12(3)4)18(20)21/h7-12,14,16-17,19H,1-6H3. The summed E-state index contributed by atoms with van der Waals surface area (Å²) in [4.78, 5) is 14.8. The average Bonchev–Trinajstić information content (AvgIpc) is 2.76. The molecule has 3 atom stereocenters. The van der Waals surface area contributed by atoms with E-state index in [2.05, 4.69) is 71.1 Å². The van der Waals surface area contributed by atoms with Gasteiger partial charge in [-0.25, -0.2) is 0 Å². The van der Waals surface area contributed by atoms with E-state index in [1.807, 2.05) is 4.90 Å². The Hall–Kier alpha value is -1.35. The number of hydrogen-bond acceptors (Lipinski definition) is 2. The van der Waals surface area contributed by atoms with Gasteiger partial charge >= 0.3 is 0 Å². The number of amides is 1. The molecule has 0 aliphatic carbocycles. The molecule has 1 heterocycles. The summed E-state index contributed by atoms with van der Waals surface area (Å²) in [5.41, 5.74) is 2.41. The van der Waals surface area contributed by atoms with Gasteiger partial charge in [-0.05, 0) is 31.2 Å². The second-order valence-corrected chi connectivity index (χ2v) is 6.93. The molecule has 0 radical (unpaired) electrons. The predicted molar refractivity (Wildman–Crippen MR) is 86.8 cm³/mol. The second-order valence-electron chi connectivity index (χ2n) is 6.93. The normalized spacial score (nSPS) is 24.2. The van der Waals surface area contributed by atoms with Crippen LogP contribution in [0.3, 0.4) is 0 Å². The number of aryl methyl sites for hydroxylation is 1. The van der Waals surface area contributed by atoms with E-state index in [4.69, 9.17) is 0 Å². The fourth-order valence-corrected chi connectivity index (χ4v) is 2.85. The maximum atomic E-state index is 12.8. The Morgan fingerprint density at radius 3 is 2.10 bits per heavy atom. The Kier molecular flexibility index (Phi) is 4.72. The summed E-state index contributed by atoms with van der Waals surface area (Å²) in [6.07, 6.45) is -0.0112. The first-order chi connectivity index (χ1) is 9.82. The van der Waals surface area contributed by atoms with Crippen molar-refractivity contribution in [1.82, 2.24) is 10.2 Å². The molecule has 0 aromatic heterocycles. The van der Waals surface area contributed by atoms with Crippen LogP contribution in [-0.2, 0) is 4.79 Å². The molecule has 1 fully saturated rings. The Morgan fingerprint density at radius 1 is 1.05 bits per heavy atom. The molecule has 1 amide bonds. The SMILES string of the molecule is Cc1ccc(C2NC(C(C)C)C(=O)N2C(C)C(C)C)cc1. The van der Waals surface area contributed by atoms with Crippen LogP contribution in [0.15, 0.2) is 24.3 Å². The molecular weight excluding hydrogens is 260 g/mol. The molecular formula is C18H28N2O. The smallest absolute Gasteiger partial charge is 0.241 e. The highest BCUT2D eigenvalue weighted by Gasteiger charge is 2.43. The van der Waals surface area contributed by atoms with Gasteiger partial charge in [0.2, 0.25) is 5.91 Å². The summed E-state index contributed by atoms with van der Waals surface area (Å²) in [6.45, 7) is 12.8. The Balaban J connectivity index is 2.36. The molecule has 2 rings (SSSR count). The van der Waals surface area contributed by atoms with Crippen LogP contribution in [0.5, 0.6) is 0 Å². The van der Waals surface area contributed by atoms with Gasteiger partial charge in [0.25, 0.3) is 0 Å². The summed E-state index contributed by atoms with van der Waals surface area (Å²) >= 11 is 0. The number of hydrogen-bond donors (Lipinski definition) is 1. The molecule has 1 saturated heterocycles. The van der Waals surface area contributed by atoms with Gasteiger partial charge in [-0.1, -0.05) is 57.5 Å². The highest BCUT2D eigenvalue weighted by atomic mass is 16.2. The van der Waals surface area contributed by atoms with Crippen LogP contribution in [0, 0.1) is 18.8 Å². The van der Waals surface area contributed by atoms with E-state index in [0.717, 1.165) is 0 Å². The quantitative estimate of drug-likeness (QED) is 0.919. The van der Waals surface area contributed by atoms with E-state index in [1.54, 1.807) is 0 Å². The Labute approximate surface area is 128 Å². The van der Waals surface area contributed by atoms with Gasteiger partial charge < -0.3 is 4.90 Å². The third-order valence-corrected chi connectivity index (χ3v) is 4.60. The summed E-state index contributed by atoms with van der Waals surface area (Å²) in [5, 5.41) is 3.54. The minimum Gasteiger partial charge on any atom is -0.319 e. The van der Waals surface area contributed by atoms with Crippen LogP contribution in [0.2, 0.25) is 0 Å². The maximum Gasteiger partial charge on any atom is 0.241 e. The van der Waals surface area contributed by atoms with Crippen molar-refractivity contribution in [1.29, 1.82) is 0 Å². The van der Waals surface area contributed by atoms with Crippen LogP contribution in [0.25, 0.3) is 0 Å². The van der Waals surface area contributed by atoms with E-state index in [1.165, 1.54) is 11.1 Å². The van der Waals surface area contributed by atoms with Gasteiger partial charge in [-0.15, -0.1) is 0 Å². The van der Waals surface area contributed by atoms with Gasteiger partial charge in [-0.3, -0.25) is 10.1 Å². The number of nitrogens with one attached hydrogen (secondary N) is 1. The molecule has 3 heteroatoms. The monoisotopic (exact) mass is 288 g/mol. The zero-order chi connectivity index (χ0) is 15.7. The van der Waals surface area contributed by atoms with Gasteiger partial charge in [-0.2, -0.15) is 0 Å². The highest BCUT2D eigenvalue weighted by molar-refractivity contribution is 5.85. The van der Waals surface area contributed by atoms with Crippen LogP contribution in [-0.4, -0.2) is 22.9 Å². The van der Waals surface area contributed by atoms with Crippen LogP contribution in [0.4, 0.5) is 0 Å². The Bertz CT molecular complexity index is 492. The molecule has 0 bridgehead atoms. The van der Waals surface area contributed by atoms with Gasteiger partial charge in [0.05, 0.1) is 6.04 Å². The molecule has 1 aromatic carbocycles. The molecule has 116 valence electrons. The fraction of sp³-hybridized carbons (Fsp3) is 0.611. The number of rotatable bonds is 4. The lowest BCUT2D eigenvalue weighted by atomic mass is 10.0. The third kappa shape index (κ3) is 3.13. The molecule has 3 nitrogen and oxygen atoms in total. The number of carbonyl (C=O) groups excluding carboxylic acids is 1. The lowest BCUT2D eigenvalue weighted by molar-refractivity contribution is -0.133. The van der Waals surface area contributed by atoms with Crippen molar-refractivity contribution >= 4 is 5.91 Å². The summed E-state index contributed by atoms with van der Waals surface area (Å²) in [6, 6.07) is 8.62. The van der Waals surface area contributed by atoms with E-state index in [-0.39, 0.29) is 24.2 Å². The minimum atomic E-state index is -0.0856. The number of nitrogens with zero attached hydrogens (tertiary/aromatic N) is 1. The molecule has 1 aliphatic heterocycles. The van der Waals surface area contributed by atoms with Gasteiger partial charge in [0, 0.05) is 6.04 Å².